The van der Waals surface area contributed by atoms with Crippen LogP contribution in [0, 0.1) is 5.92 Å². The van der Waals surface area contributed by atoms with E-state index in [4.69, 9.17) is 15.2 Å². The number of likely N-dealkylation sites (tertiary alicyclic amines) is 1. The molecule has 1 aromatic rings. The van der Waals surface area contributed by atoms with Crippen LogP contribution in [0.1, 0.15) is 30.1 Å². The van der Waals surface area contributed by atoms with Crippen LogP contribution in [0.25, 0.3) is 0 Å². The van der Waals surface area contributed by atoms with Gasteiger partial charge in [0.2, 0.25) is 0 Å². The van der Waals surface area contributed by atoms with E-state index in [2.05, 4.69) is 6.92 Å². The second-order valence-corrected chi connectivity index (χ2v) is 5.58. The van der Waals surface area contributed by atoms with Crippen molar-refractivity contribution in [2.75, 3.05) is 26.8 Å². The summed E-state index contributed by atoms with van der Waals surface area (Å²) in [5.74, 6) is 0.789. The first kappa shape index (κ1) is 16.1. The number of piperidine rings is 1. The third-order valence-electron chi connectivity index (χ3n) is 3.94. The number of carbonyl (C=O) groups is 2. The van der Waals surface area contributed by atoms with Gasteiger partial charge in [-0.05, 0) is 30.9 Å². The molecule has 2 amide bonds. The summed E-state index contributed by atoms with van der Waals surface area (Å²) in [5.41, 5.74) is 5.55. The number of hydrogen-bond donors (Lipinski definition) is 1. The zero-order valence-corrected chi connectivity index (χ0v) is 13.0. The predicted molar refractivity (Wildman–Crippen MR) is 82.0 cm³/mol. The summed E-state index contributed by atoms with van der Waals surface area (Å²) in [6.45, 7) is 3.59. The van der Waals surface area contributed by atoms with Crippen LogP contribution in [0.2, 0.25) is 0 Å². The van der Waals surface area contributed by atoms with Gasteiger partial charge in [0.25, 0.3) is 11.8 Å². The molecule has 1 aliphatic heterocycles. The second kappa shape index (κ2) is 7.15. The van der Waals surface area contributed by atoms with E-state index in [1.807, 2.05) is 0 Å². The average Bonchev–Trinajstić information content (AvgIpc) is 2.52. The molecule has 0 spiro atoms. The van der Waals surface area contributed by atoms with Gasteiger partial charge < -0.3 is 20.1 Å². The Kier molecular flexibility index (Phi) is 5.25. The molecule has 6 nitrogen and oxygen atoms in total. The van der Waals surface area contributed by atoms with Crippen LogP contribution in [0.15, 0.2) is 18.2 Å². The van der Waals surface area contributed by atoms with E-state index in [9.17, 15) is 9.59 Å². The van der Waals surface area contributed by atoms with Gasteiger partial charge in [0, 0.05) is 19.2 Å². The summed E-state index contributed by atoms with van der Waals surface area (Å²) < 4.78 is 10.6. The molecule has 0 aromatic heterocycles. The van der Waals surface area contributed by atoms with Crippen LogP contribution in [0.4, 0.5) is 0 Å². The van der Waals surface area contributed by atoms with Crippen molar-refractivity contribution in [2.45, 2.75) is 19.8 Å². The summed E-state index contributed by atoms with van der Waals surface area (Å²) in [4.78, 5) is 25.4. The van der Waals surface area contributed by atoms with Crippen molar-refractivity contribution in [3.05, 3.63) is 23.8 Å². The van der Waals surface area contributed by atoms with E-state index in [1.165, 1.54) is 13.2 Å². The van der Waals surface area contributed by atoms with E-state index in [-0.39, 0.29) is 23.8 Å². The van der Waals surface area contributed by atoms with Crippen LogP contribution < -0.4 is 15.2 Å². The van der Waals surface area contributed by atoms with E-state index in [1.54, 1.807) is 17.0 Å². The Morgan fingerprint density at radius 3 is 2.59 bits per heavy atom. The number of nitrogens with two attached hydrogens (primary N) is 1. The molecule has 1 heterocycles. The molecule has 120 valence electrons. The molecule has 22 heavy (non-hydrogen) atoms. The Morgan fingerprint density at radius 1 is 1.32 bits per heavy atom. The molecule has 0 saturated carbocycles. The normalized spacial score (nSPS) is 15.5. The number of carbonyl (C=O) groups excluding carboxylic acids is 2. The fraction of sp³-hybridized carbons (Fsp3) is 0.500. The SMILES string of the molecule is COc1ccc(C(N)=O)c(OCC(=O)N2CCC(C)CC2)c1. The number of methoxy groups -OCH3 is 1. The predicted octanol–water partition coefficient (Wildman–Crippen LogP) is 1.43. The molecule has 1 saturated heterocycles. The third-order valence-corrected chi connectivity index (χ3v) is 3.94. The summed E-state index contributed by atoms with van der Waals surface area (Å²) in [7, 11) is 1.52. The van der Waals surface area contributed by atoms with Crippen molar-refractivity contribution in [2.24, 2.45) is 11.7 Å². The summed E-state index contributed by atoms with van der Waals surface area (Å²) in [6, 6.07) is 4.72. The van der Waals surface area contributed by atoms with Crippen molar-refractivity contribution in [1.82, 2.24) is 4.90 Å². The highest BCUT2D eigenvalue weighted by molar-refractivity contribution is 5.96. The third kappa shape index (κ3) is 3.90. The van der Waals surface area contributed by atoms with Crippen molar-refractivity contribution < 1.29 is 19.1 Å². The molecule has 1 fully saturated rings. The zero-order valence-electron chi connectivity index (χ0n) is 13.0. The summed E-state index contributed by atoms with van der Waals surface area (Å²) in [5, 5.41) is 0. The standard InChI is InChI=1S/C16H22N2O4/c1-11-5-7-18(8-6-11)15(19)10-22-14-9-12(21-2)3-4-13(14)16(17)20/h3-4,9,11H,5-8,10H2,1-2H3,(H2,17,20). The highest BCUT2D eigenvalue weighted by atomic mass is 16.5. The minimum absolute atomic E-state index is 0.0786. The summed E-state index contributed by atoms with van der Waals surface area (Å²) >= 11 is 0. The van der Waals surface area contributed by atoms with Gasteiger partial charge in [0.15, 0.2) is 6.61 Å². The Bertz CT molecular complexity index is 551. The maximum Gasteiger partial charge on any atom is 0.260 e. The number of benzene rings is 1. The van der Waals surface area contributed by atoms with Gasteiger partial charge in [0.1, 0.15) is 11.5 Å². The average molecular weight is 306 g/mol. The molecule has 0 unspecified atom stereocenters. The van der Waals surface area contributed by atoms with E-state index in [0.717, 1.165) is 25.9 Å². The topological polar surface area (TPSA) is 81.9 Å². The maximum absolute atomic E-state index is 12.2. The quantitative estimate of drug-likeness (QED) is 0.892. The van der Waals surface area contributed by atoms with Crippen molar-refractivity contribution in [1.29, 1.82) is 0 Å². The first-order valence-corrected chi connectivity index (χ1v) is 7.39. The smallest absolute Gasteiger partial charge is 0.260 e. The highest BCUT2D eigenvalue weighted by Gasteiger charge is 2.21. The van der Waals surface area contributed by atoms with Gasteiger partial charge in [-0.2, -0.15) is 0 Å². The molecular formula is C16H22N2O4. The Hall–Kier alpha value is -2.24. The van der Waals surface area contributed by atoms with E-state index in [0.29, 0.717) is 11.7 Å². The molecule has 2 N–H and O–H groups in total. The monoisotopic (exact) mass is 306 g/mol. The molecule has 6 heteroatoms. The number of ether oxygens (including phenoxy) is 2. The Balaban J connectivity index is 2.01. The molecule has 2 rings (SSSR count). The first-order valence-electron chi connectivity index (χ1n) is 7.39. The van der Waals surface area contributed by atoms with Crippen LogP contribution >= 0.6 is 0 Å². The van der Waals surface area contributed by atoms with Crippen LogP contribution in [0.5, 0.6) is 11.5 Å². The molecule has 0 bridgehead atoms. The van der Waals surface area contributed by atoms with Crippen LogP contribution in [-0.2, 0) is 4.79 Å². The minimum atomic E-state index is -0.600. The van der Waals surface area contributed by atoms with E-state index >= 15 is 0 Å². The number of amides is 2. The largest absolute Gasteiger partial charge is 0.497 e. The second-order valence-electron chi connectivity index (χ2n) is 5.58. The number of rotatable bonds is 5. The molecular weight excluding hydrogens is 284 g/mol. The van der Waals surface area contributed by atoms with Crippen molar-refractivity contribution in [3.63, 3.8) is 0 Å². The van der Waals surface area contributed by atoms with Crippen LogP contribution in [-0.4, -0.2) is 43.5 Å². The fourth-order valence-electron chi connectivity index (χ4n) is 2.44. The lowest BCUT2D eigenvalue weighted by Crippen LogP contribution is -2.40. The van der Waals surface area contributed by atoms with Gasteiger partial charge in [-0.25, -0.2) is 0 Å². The van der Waals surface area contributed by atoms with Gasteiger partial charge in [-0.1, -0.05) is 6.92 Å². The lowest BCUT2D eigenvalue weighted by atomic mass is 9.99. The van der Waals surface area contributed by atoms with Gasteiger partial charge in [-0.3, -0.25) is 9.59 Å². The number of nitrogens with zero attached hydrogens (tertiary/aromatic N) is 1. The molecule has 0 aliphatic carbocycles. The lowest BCUT2D eigenvalue weighted by Gasteiger charge is -2.30. The molecule has 1 aliphatic rings. The zero-order chi connectivity index (χ0) is 16.1. The molecule has 0 atom stereocenters. The maximum atomic E-state index is 12.2. The van der Waals surface area contributed by atoms with Gasteiger partial charge >= 0.3 is 0 Å². The Labute approximate surface area is 130 Å². The fourth-order valence-corrected chi connectivity index (χ4v) is 2.44. The van der Waals surface area contributed by atoms with Crippen molar-refractivity contribution in [3.8, 4) is 11.5 Å². The molecule has 0 radical (unpaired) electrons. The highest BCUT2D eigenvalue weighted by Crippen LogP contribution is 2.25. The van der Waals surface area contributed by atoms with Gasteiger partial charge in [-0.15, -0.1) is 0 Å². The summed E-state index contributed by atoms with van der Waals surface area (Å²) in [6.07, 6.45) is 2.02. The van der Waals surface area contributed by atoms with E-state index < -0.39 is 5.91 Å². The number of primary amides is 1. The lowest BCUT2D eigenvalue weighted by molar-refractivity contribution is -0.134. The Morgan fingerprint density at radius 2 is 2.00 bits per heavy atom. The van der Waals surface area contributed by atoms with Crippen LogP contribution in [0.3, 0.4) is 0 Å². The van der Waals surface area contributed by atoms with Gasteiger partial charge in [0.05, 0.1) is 12.7 Å². The first-order chi connectivity index (χ1) is 10.5. The minimum Gasteiger partial charge on any atom is -0.497 e. The number of hydrogen-bond acceptors (Lipinski definition) is 4. The molecule has 1 aromatic carbocycles. The van der Waals surface area contributed by atoms with Crippen molar-refractivity contribution >= 4 is 11.8 Å².